The van der Waals surface area contributed by atoms with Crippen molar-refractivity contribution in [3.8, 4) is 11.5 Å². The maximum absolute atomic E-state index is 12.5. The van der Waals surface area contributed by atoms with Gasteiger partial charge in [-0.1, -0.05) is 17.2 Å². The summed E-state index contributed by atoms with van der Waals surface area (Å²) in [5.74, 6) is -0.672. The van der Waals surface area contributed by atoms with Crippen LogP contribution in [0.15, 0.2) is 62.7 Å². The Hall–Kier alpha value is -3.09. The Labute approximate surface area is 173 Å². The van der Waals surface area contributed by atoms with E-state index in [0.717, 1.165) is 10.6 Å². The first-order valence-corrected chi connectivity index (χ1v) is 11.8. The van der Waals surface area contributed by atoms with Crippen molar-refractivity contribution in [2.45, 2.75) is 9.79 Å². The smallest absolute Gasteiger partial charge is 0.322 e. The Balaban J connectivity index is 1.82. The minimum atomic E-state index is -3.61. The number of amides is 1. The minimum Gasteiger partial charge on any atom is -0.403 e. The highest BCUT2D eigenvalue weighted by Gasteiger charge is 2.21. The fourth-order valence-electron chi connectivity index (χ4n) is 2.51. The number of nitrogens with one attached hydrogen (secondary N) is 1. The molecule has 0 spiro atoms. The van der Waals surface area contributed by atoms with Crippen LogP contribution in [0.2, 0.25) is 0 Å². The maximum Gasteiger partial charge on any atom is 0.322 e. The molecule has 0 atom stereocenters. The first kappa shape index (κ1) is 21.6. The SMILES string of the molecule is CN(C)S(=O)(=O)c1ccc(-c2nnc(NC(=O)c3ccccc3S(C)(=O)=O)o2)cc1. The highest BCUT2D eigenvalue weighted by molar-refractivity contribution is 7.90. The van der Waals surface area contributed by atoms with Crippen LogP contribution < -0.4 is 5.32 Å². The number of anilines is 1. The number of carbonyl (C=O) groups excluding carboxylic acids is 1. The van der Waals surface area contributed by atoms with E-state index in [1.54, 1.807) is 0 Å². The van der Waals surface area contributed by atoms with Gasteiger partial charge in [0, 0.05) is 25.9 Å². The van der Waals surface area contributed by atoms with Crippen molar-refractivity contribution in [1.82, 2.24) is 14.5 Å². The number of nitrogens with zero attached hydrogens (tertiary/aromatic N) is 3. The summed E-state index contributed by atoms with van der Waals surface area (Å²) in [6.45, 7) is 0. The molecule has 0 fully saturated rings. The predicted molar refractivity (Wildman–Crippen MR) is 108 cm³/mol. The highest BCUT2D eigenvalue weighted by Crippen LogP contribution is 2.23. The minimum absolute atomic E-state index is 0.0514. The van der Waals surface area contributed by atoms with Gasteiger partial charge in [0.15, 0.2) is 9.84 Å². The third-order valence-corrected chi connectivity index (χ3v) is 7.04. The van der Waals surface area contributed by atoms with Crippen molar-refractivity contribution in [2.75, 3.05) is 25.7 Å². The van der Waals surface area contributed by atoms with Crippen LogP contribution in [0.5, 0.6) is 0 Å². The summed E-state index contributed by atoms with van der Waals surface area (Å²) < 4.78 is 54.5. The van der Waals surface area contributed by atoms with Gasteiger partial charge in [-0.15, -0.1) is 5.10 Å². The molecule has 0 aliphatic carbocycles. The molecule has 1 heterocycles. The number of hydrogen-bond donors (Lipinski definition) is 1. The second-order valence-corrected chi connectivity index (χ2v) is 10.6. The average molecular weight is 450 g/mol. The first-order chi connectivity index (χ1) is 14.0. The number of aromatic nitrogens is 2. The van der Waals surface area contributed by atoms with E-state index in [2.05, 4.69) is 15.5 Å². The Bertz CT molecular complexity index is 1300. The fraction of sp³-hybridized carbons (Fsp3) is 0.167. The van der Waals surface area contributed by atoms with Crippen molar-refractivity contribution >= 4 is 31.8 Å². The molecule has 1 N–H and O–H groups in total. The van der Waals surface area contributed by atoms with E-state index >= 15 is 0 Å². The summed E-state index contributed by atoms with van der Waals surface area (Å²) in [6.07, 6.45) is 1.00. The van der Waals surface area contributed by atoms with Gasteiger partial charge in [-0.05, 0) is 36.4 Å². The molecule has 12 heteroatoms. The van der Waals surface area contributed by atoms with Gasteiger partial charge < -0.3 is 4.42 Å². The van der Waals surface area contributed by atoms with E-state index in [1.165, 1.54) is 62.6 Å². The molecule has 0 aliphatic rings. The zero-order valence-electron chi connectivity index (χ0n) is 16.2. The molecule has 0 saturated carbocycles. The molecule has 1 aromatic heterocycles. The monoisotopic (exact) mass is 450 g/mol. The average Bonchev–Trinajstić information content (AvgIpc) is 3.15. The number of sulfonamides is 1. The molecule has 0 radical (unpaired) electrons. The van der Waals surface area contributed by atoms with Gasteiger partial charge in [0.25, 0.3) is 5.91 Å². The van der Waals surface area contributed by atoms with E-state index in [9.17, 15) is 21.6 Å². The molecule has 2 aromatic carbocycles. The Morgan fingerprint density at radius 3 is 2.20 bits per heavy atom. The number of sulfone groups is 1. The molecule has 3 aromatic rings. The Morgan fingerprint density at radius 1 is 0.967 bits per heavy atom. The zero-order chi connectivity index (χ0) is 22.1. The number of hydrogen-bond acceptors (Lipinski definition) is 8. The van der Waals surface area contributed by atoms with Crippen LogP contribution in [0.25, 0.3) is 11.5 Å². The van der Waals surface area contributed by atoms with Gasteiger partial charge in [0.2, 0.25) is 15.9 Å². The van der Waals surface area contributed by atoms with Crippen molar-refractivity contribution in [3.63, 3.8) is 0 Å². The highest BCUT2D eigenvalue weighted by atomic mass is 32.2. The first-order valence-electron chi connectivity index (χ1n) is 8.47. The van der Waals surface area contributed by atoms with Gasteiger partial charge in [0.1, 0.15) is 0 Å². The van der Waals surface area contributed by atoms with Gasteiger partial charge in [-0.3, -0.25) is 10.1 Å². The molecular formula is C18H18N4O6S2. The lowest BCUT2D eigenvalue weighted by Gasteiger charge is -2.11. The number of benzene rings is 2. The van der Waals surface area contributed by atoms with Gasteiger partial charge in [-0.25, -0.2) is 21.1 Å². The third-order valence-electron chi connectivity index (χ3n) is 4.06. The van der Waals surface area contributed by atoms with E-state index in [0.29, 0.717) is 5.56 Å². The number of carbonyl (C=O) groups is 1. The molecule has 30 heavy (non-hydrogen) atoms. The predicted octanol–water partition coefficient (Wildman–Crippen LogP) is 1.64. The zero-order valence-corrected chi connectivity index (χ0v) is 17.9. The summed E-state index contributed by atoms with van der Waals surface area (Å²) in [4.78, 5) is 12.4. The summed E-state index contributed by atoms with van der Waals surface area (Å²) >= 11 is 0. The van der Waals surface area contributed by atoms with Gasteiger partial charge in [-0.2, -0.15) is 0 Å². The molecule has 1 amide bonds. The topological polar surface area (TPSA) is 140 Å². The molecule has 0 unspecified atom stereocenters. The van der Waals surface area contributed by atoms with Crippen molar-refractivity contribution < 1.29 is 26.0 Å². The molecule has 0 aliphatic heterocycles. The van der Waals surface area contributed by atoms with Gasteiger partial charge >= 0.3 is 6.01 Å². The molecule has 0 bridgehead atoms. The van der Waals surface area contributed by atoms with Crippen LogP contribution in [0.3, 0.4) is 0 Å². The summed E-state index contributed by atoms with van der Waals surface area (Å²) in [7, 11) is -4.33. The normalized spacial score (nSPS) is 12.1. The van der Waals surface area contributed by atoms with E-state index in [4.69, 9.17) is 4.42 Å². The van der Waals surface area contributed by atoms with Crippen LogP contribution >= 0.6 is 0 Å². The molecule has 158 valence electrons. The van der Waals surface area contributed by atoms with E-state index < -0.39 is 25.8 Å². The summed E-state index contributed by atoms with van der Waals surface area (Å²) in [5.41, 5.74) is 0.384. The van der Waals surface area contributed by atoms with Gasteiger partial charge in [0.05, 0.1) is 15.4 Å². The molecule has 3 rings (SSSR count). The standard InChI is InChI=1S/C18H18N4O6S2/c1-22(2)30(26,27)13-10-8-12(9-11-13)17-20-21-18(28-17)19-16(23)14-6-4-5-7-15(14)29(3,24)25/h4-11H,1-3H3,(H,19,21,23). The van der Waals surface area contributed by atoms with E-state index in [-0.39, 0.29) is 27.3 Å². The Kier molecular flexibility index (Phi) is 5.74. The molecular weight excluding hydrogens is 432 g/mol. The number of rotatable bonds is 6. The second kappa shape index (κ2) is 7.97. The van der Waals surface area contributed by atoms with Crippen LogP contribution in [0, 0.1) is 0 Å². The Morgan fingerprint density at radius 2 is 1.60 bits per heavy atom. The van der Waals surface area contributed by atoms with E-state index in [1.807, 2.05) is 0 Å². The molecule has 10 nitrogen and oxygen atoms in total. The summed E-state index contributed by atoms with van der Waals surface area (Å²) in [5, 5.41) is 9.91. The second-order valence-electron chi connectivity index (χ2n) is 6.45. The summed E-state index contributed by atoms with van der Waals surface area (Å²) in [6, 6.07) is 11.3. The lowest BCUT2D eigenvalue weighted by molar-refractivity contribution is 0.102. The van der Waals surface area contributed by atoms with Crippen LogP contribution in [0.1, 0.15) is 10.4 Å². The quantitative estimate of drug-likeness (QED) is 0.598. The van der Waals surface area contributed by atoms with Crippen molar-refractivity contribution in [1.29, 1.82) is 0 Å². The lowest BCUT2D eigenvalue weighted by Crippen LogP contribution is -2.22. The lowest BCUT2D eigenvalue weighted by atomic mass is 10.2. The van der Waals surface area contributed by atoms with Crippen molar-refractivity contribution in [3.05, 3.63) is 54.1 Å². The third kappa shape index (κ3) is 4.40. The van der Waals surface area contributed by atoms with Crippen LogP contribution in [-0.4, -0.2) is 57.6 Å². The fourth-order valence-corrected chi connectivity index (χ4v) is 4.30. The maximum atomic E-state index is 12.5. The molecule has 0 saturated heterocycles. The van der Waals surface area contributed by atoms with Crippen molar-refractivity contribution in [2.24, 2.45) is 0 Å². The van der Waals surface area contributed by atoms with Crippen LogP contribution in [0.4, 0.5) is 6.01 Å². The van der Waals surface area contributed by atoms with Crippen LogP contribution in [-0.2, 0) is 19.9 Å². The largest absolute Gasteiger partial charge is 0.403 e.